The monoisotopic (exact) mass is 380 g/mol. The Morgan fingerprint density at radius 3 is 2.26 bits per heavy atom. The van der Waals surface area contributed by atoms with E-state index in [0.29, 0.717) is 11.3 Å². The molecule has 0 fully saturated rings. The summed E-state index contributed by atoms with van der Waals surface area (Å²) in [6, 6.07) is 20.8. The van der Waals surface area contributed by atoms with Gasteiger partial charge in [0.1, 0.15) is 0 Å². The summed E-state index contributed by atoms with van der Waals surface area (Å²) in [5, 5.41) is 2.77. The Bertz CT molecular complexity index is 1080. The summed E-state index contributed by atoms with van der Waals surface area (Å²) in [5.74, 6) is -0.388. The third-order valence-electron chi connectivity index (χ3n) is 4.08. The van der Waals surface area contributed by atoms with Crippen molar-refractivity contribution in [1.29, 1.82) is 0 Å². The van der Waals surface area contributed by atoms with Crippen LogP contribution in [0.4, 0.5) is 11.4 Å². The van der Waals surface area contributed by atoms with Crippen LogP contribution in [0.15, 0.2) is 77.7 Å². The molecule has 0 spiro atoms. The Morgan fingerprint density at radius 2 is 1.52 bits per heavy atom. The molecule has 0 aromatic heterocycles. The van der Waals surface area contributed by atoms with Crippen LogP contribution in [0, 0.1) is 13.8 Å². The third kappa shape index (κ3) is 4.35. The molecule has 27 heavy (non-hydrogen) atoms. The Balaban J connectivity index is 1.92. The largest absolute Gasteiger partial charge is 0.322 e. The Labute approximate surface area is 159 Å². The van der Waals surface area contributed by atoms with Crippen molar-refractivity contribution < 1.29 is 13.2 Å². The summed E-state index contributed by atoms with van der Waals surface area (Å²) in [5.41, 5.74) is 2.59. The molecular formula is C21H20N2O3S. The molecule has 0 unspecified atom stereocenters. The number of sulfonamides is 1. The van der Waals surface area contributed by atoms with E-state index in [1.165, 1.54) is 0 Å². The highest BCUT2D eigenvalue weighted by molar-refractivity contribution is 7.92. The van der Waals surface area contributed by atoms with Crippen LogP contribution in [0.3, 0.4) is 0 Å². The second kappa shape index (κ2) is 7.63. The van der Waals surface area contributed by atoms with Crippen molar-refractivity contribution in [3.63, 3.8) is 0 Å². The second-order valence-electron chi connectivity index (χ2n) is 6.24. The topological polar surface area (TPSA) is 75.3 Å². The van der Waals surface area contributed by atoms with E-state index in [4.69, 9.17) is 0 Å². The molecule has 0 aliphatic carbocycles. The van der Waals surface area contributed by atoms with Gasteiger partial charge in [-0.3, -0.25) is 9.52 Å². The van der Waals surface area contributed by atoms with Crippen molar-refractivity contribution in [1.82, 2.24) is 0 Å². The quantitative estimate of drug-likeness (QED) is 0.691. The van der Waals surface area contributed by atoms with Crippen molar-refractivity contribution in [3.8, 4) is 0 Å². The first-order chi connectivity index (χ1) is 12.9. The summed E-state index contributed by atoms with van der Waals surface area (Å²) in [4.78, 5) is 12.8. The van der Waals surface area contributed by atoms with Gasteiger partial charge in [-0.1, -0.05) is 42.5 Å². The van der Waals surface area contributed by atoms with Gasteiger partial charge in [-0.15, -0.1) is 0 Å². The zero-order chi connectivity index (χ0) is 19.4. The minimum atomic E-state index is -3.83. The van der Waals surface area contributed by atoms with Gasteiger partial charge in [0.15, 0.2) is 0 Å². The molecule has 3 rings (SSSR count). The van der Waals surface area contributed by atoms with Gasteiger partial charge in [-0.2, -0.15) is 0 Å². The molecule has 0 radical (unpaired) electrons. The van der Waals surface area contributed by atoms with Crippen molar-refractivity contribution in [2.45, 2.75) is 18.7 Å². The number of aryl methyl sites for hydroxylation is 2. The molecule has 1 amide bonds. The average Bonchev–Trinajstić information content (AvgIpc) is 2.64. The molecule has 5 nitrogen and oxygen atoms in total. The molecule has 3 aromatic rings. The second-order valence-corrected chi connectivity index (χ2v) is 7.89. The summed E-state index contributed by atoms with van der Waals surface area (Å²) in [7, 11) is -3.83. The fourth-order valence-corrected chi connectivity index (χ4v) is 4.10. The van der Waals surface area contributed by atoms with E-state index in [2.05, 4.69) is 10.0 Å². The maximum Gasteiger partial charge on any atom is 0.262 e. The highest BCUT2D eigenvalue weighted by atomic mass is 32.2. The Hall–Kier alpha value is -3.12. The van der Waals surface area contributed by atoms with Gasteiger partial charge in [0.2, 0.25) is 0 Å². The lowest BCUT2D eigenvalue weighted by atomic mass is 10.1. The molecule has 0 aliphatic heterocycles. The fraction of sp³-hybridized carbons (Fsp3) is 0.0952. The average molecular weight is 380 g/mol. The van der Waals surface area contributed by atoms with E-state index in [1.54, 1.807) is 55.5 Å². The molecule has 0 saturated carbocycles. The highest BCUT2D eigenvalue weighted by Gasteiger charge is 2.20. The van der Waals surface area contributed by atoms with E-state index in [1.807, 2.05) is 31.2 Å². The molecule has 0 aliphatic rings. The van der Waals surface area contributed by atoms with E-state index in [9.17, 15) is 13.2 Å². The number of carbonyl (C=O) groups excluding carboxylic acids is 1. The van der Waals surface area contributed by atoms with Crippen molar-refractivity contribution in [3.05, 3.63) is 89.5 Å². The smallest absolute Gasteiger partial charge is 0.262 e. The molecule has 0 heterocycles. The summed E-state index contributed by atoms with van der Waals surface area (Å²) >= 11 is 0. The maximum absolute atomic E-state index is 12.9. The van der Waals surface area contributed by atoms with Crippen LogP contribution in [0.2, 0.25) is 0 Å². The standard InChI is InChI=1S/C21H20N2O3S/c1-15-12-13-16(2)20(14-15)27(25,26)23-19-11-7-6-10-18(19)21(24)22-17-8-4-3-5-9-17/h3-14,23H,1-2H3,(H,22,24). The van der Waals surface area contributed by atoms with Crippen LogP contribution in [0.25, 0.3) is 0 Å². The number of benzene rings is 3. The lowest BCUT2D eigenvalue weighted by Crippen LogP contribution is -2.19. The van der Waals surface area contributed by atoms with E-state index in [-0.39, 0.29) is 22.1 Å². The van der Waals surface area contributed by atoms with Gasteiger partial charge in [0, 0.05) is 5.69 Å². The summed E-state index contributed by atoms with van der Waals surface area (Å²) in [6.07, 6.45) is 0. The van der Waals surface area contributed by atoms with Crippen molar-refractivity contribution >= 4 is 27.3 Å². The SMILES string of the molecule is Cc1ccc(C)c(S(=O)(=O)Nc2ccccc2C(=O)Nc2ccccc2)c1. The van der Waals surface area contributed by atoms with Gasteiger partial charge in [0.05, 0.1) is 16.1 Å². The van der Waals surface area contributed by atoms with Crippen LogP contribution >= 0.6 is 0 Å². The first kappa shape index (κ1) is 18.7. The zero-order valence-corrected chi connectivity index (χ0v) is 15.9. The van der Waals surface area contributed by atoms with Crippen LogP contribution in [0.5, 0.6) is 0 Å². The molecule has 0 atom stereocenters. The lowest BCUT2D eigenvalue weighted by Gasteiger charge is -2.14. The van der Waals surface area contributed by atoms with Crippen molar-refractivity contribution in [2.75, 3.05) is 10.0 Å². The van der Waals surface area contributed by atoms with E-state index >= 15 is 0 Å². The van der Waals surface area contributed by atoms with Gasteiger partial charge in [-0.25, -0.2) is 8.42 Å². The predicted molar refractivity (Wildman–Crippen MR) is 108 cm³/mol. The van der Waals surface area contributed by atoms with Gasteiger partial charge in [-0.05, 0) is 55.3 Å². The molecule has 3 aromatic carbocycles. The fourth-order valence-electron chi connectivity index (χ4n) is 2.69. The summed E-state index contributed by atoms with van der Waals surface area (Å²) in [6.45, 7) is 3.57. The number of carbonyl (C=O) groups is 1. The minimum Gasteiger partial charge on any atom is -0.322 e. The lowest BCUT2D eigenvalue weighted by molar-refractivity contribution is 0.102. The molecule has 2 N–H and O–H groups in total. The van der Waals surface area contributed by atoms with Crippen LogP contribution in [-0.2, 0) is 10.0 Å². The van der Waals surface area contributed by atoms with Gasteiger partial charge < -0.3 is 5.32 Å². The Kier molecular flexibility index (Phi) is 5.28. The normalized spacial score (nSPS) is 11.0. The minimum absolute atomic E-state index is 0.195. The molecule has 0 bridgehead atoms. The number of hydrogen-bond acceptors (Lipinski definition) is 3. The predicted octanol–water partition coefficient (Wildman–Crippen LogP) is 4.36. The number of hydrogen-bond donors (Lipinski definition) is 2. The zero-order valence-electron chi connectivity index (χ0n) is 15.1. The Morgan fingerprint density at radius 1 is 0.852 bits per heavy atom. The number of anilines is 2. The molecular weight excluding hydrogens is 360 g/mol. The number of para-hydroxylation sites is 2. The number of amides is 1. The van der Waals surface area contributed by atoms with Gasteiger partial charge in [0.25, 0.3) is 15.9 Å². The maximum atomic E-state index is 12.9. The summed E-state index contributed by atoms with van der Waals surface area (Å²) < 4.78 is 28.3. The van der Waals surface area contributed by atoms with Crippen LogP contribution < -0.4 is 10.0 Å². The van der Waals surface area contributed by atoms with Crippen LogP contribution in [-0.4, -0.2) is 14.3 Å². The van der Waals surface area contributed by atoms with Gasteiger partial charge >= 0.3 is 0 Å². The van der Waals surface area contributed by atoms with E-state index in [0.717, 1.165) is 5.56 Å². The first-order valence-corrected chi connectivity index (χ1v) is 9.90. The molecule has 0 saturated heterocycles. The van der Waals surface area contributed by atoms with E-state index < -0.39 is 10.0 Å². The molecule has 6 heteroatoms. The van der Waals surface area contributed by atoms with Crippen LogP contribution in [0.1, 0.15) is 21.5 Å². The third-order valence-corrected chi connectivity index (χ3v) is 5.59. The van der Waals surface area contributed by atoms with Crippen molar-refractivity contribution in [2.24, 2.45) is 0 Å². The number of nitrogens with one attached hydrogen (secondary N) is 2. The molecule has 138 valence electrons. The highest BCUT2D eigenvalue weighted by Crippen LogP contribution is 2.23. The number of rotatable bonds is 5. The first-order valence-electron chi connectivity index (χ1n) is 8.42.